The molecule has 0 aromatic carbocycles. The van der Waals surface area contributed by atoms with Gasteiger partial charge in [-0.1, -0.05) is 12.8 Å². The van der Waals surface area contributed by atoms with Gasteiger partial charge < -0.3 is 10.2 Å². The molecule has 3 fully saturated rings. The van der Waals surface area contributed by atoms with E-state index in [1.165, 1.54) is 71.0 Å². The maximum atomic E-state index is 3.37. The Bertz CT molecular complexity index is 271. The number of rotatable bonds is 3. The molecule has 2 heteroatoms. The molecule has 0 aromatic heterocycles. The first-order valence-electron chi connectivity index (χ1n) is 8.70. The summed E-state index contributed by atoms with van der Waals surface area (Å²) in [4.78, 5) is 2.84. The van der Waals surface area contributed by atoms with Gasteiger partial charge in [0, 0.05) is 12.6 Å². The van der Waals surface area contributed by atoms with Crippen molar-refractivity contribution in [2.75, 3.05) is 26.7 Å². The molecule has 1 N–H and O–H groups in total. The minimum absolute atomic E-state index is 0.802. The Morgan fingerprint density at radius 1 is 1.00 bits per heavy atom. The van der Waals surface area contributed by atoms with Crippen LogP contribution in [0.2, 0.25) is 0 Å². The lowest BCUT2D eigenvalue weighted by atomic mass is 9.71. The summed E-state index contributed by atoms with van der Waals surface area (Å²) >= 11 is 0. The summed E-state index contributed by atoms with van der Waals surface area (Å²) in [6.45, 7) is 3.95. The van der Waals surface area contributed by atoms with Gasteiger partial charge in [-0.15, -0.1) is 0 Å². The molecule has 2 saturated carbocycles. The van der Waals surface area contributed by atoms with Crippen LogP contribution in [0.15, 0.2) is 0 Å². The highest BCUT2D eigenvalue weighted by Crippen LogP contribution is 2.49. The SMILES string of the molecule is CNCC1CCCN(C2CCC3(CCCC3)CC2)C1. The lowest BCUT2D eigenvalue weighted by Gasteiger charge is -2.44. The van der Waals surface area contributed by atoms with Crippen molar-refractivity contribution >= 4 is 0 Å². The van der Waals surface area contributed by atoms with E-state index in [9.17, 15) is 0 Å². The minimum atomic E-state index is 0.802. The summed E-state index contributed by atoms with van der Waals surface area (Å²) in [5, 5.41) is 3.37. The van der Waals surface area contributed by atoms with E-state index in [1.54, 1.807) is 12.8 Å². The maximum Gasteiger partial charge on any atom is 0.00957 e. The van der Waals surface area contributed by atoms with Crippen molar-refractivity contribution in [3.05, 3.63) is 0 Å². The van der Waals surface area contributed by atoms with E-state index >= 15 is 0 Å². The molecule has 19 heavy (non-hydrogen) atoms. The number of piperidine rings is 1. The first kappa shape index (κ1) is 13.9. The number of nitrogens with zero attached hydrogens (tertiary/aromatic N) is 1. The van der Waals surface area contributed by atoms with Crippen LogP contribution >= 0.6 is 0 Å². The molecular formula is C17H32N2. The van der Waals surface area contributed by atoms with Crippen LogP contribution in [0.4, 0.5) is 0 Å². The van der Waals surface area contributed by atoms with Gasteiger partial charge in [-0.05, 0) is 82.8 Å². The molecule has 1 saturated heterocycles. The van der Waals surface area contributed by atoms with Crippen LogP contribution in [0.25, 0.3) is 0 Å². The Kier molecular flexibility index (Phi) is 4.48. The van der Waals surface area contributed by atoms with Gasteiger partial charge in [0.25, 0.3) is 0 Å². The van der Waals surface area contributed by atoms with Crippen LogP contribution in [0, 0.1) is 11.3 Å². The van der Waals surface area contributed by atoms with Crippen molar-refractivity contribution in [1.82, 2.24) is 10.2 Å². The molecule has 3 rings (SSSR count). The Labute approximate surface area is 119 Å². The van der Waals surface area contributed by atoms with Crippen LogP contribution < -0.4 is 5.32 Å². The van der Waals surface area contributed by atoms with E-state index in [-0.39, 0.29) is 0 Å². The fraction of sp³-hybridized carbons (Fsp3) is 1.00. The van der Waals surface area contributed by atoms with Gasteiger partial charge in [-0.3, -0.25) is 0 Å². The highest BCUT2D eigenvalue weighted by Gasteiger charge is 2.39. The lowest BCUT2D eigenvalue weighted by molar-refractivity contribution is 0.0600. The van der Waals surface area contributed by atoms with Crippen molar-refractivity contribution in [3.63, 3.8) is 0 Å². The molecule has 2 aliphatic carbocycles. The zero-order chi connectivity index (χ0) is 13.1. The fourth-order valence-corrected chi connectivity index (χ4v) is 5.09. The summed E-state index contributed by atoms with van der Waals surface area (Å²) in [6, 6.07) is 0.922. The van der Waals surface area contributed by atoms with Crippen LogP contribution in [0.1, 0.15) is 64.2 Å². The zero-order valence-electron chi connectivity index (χ0n) is 12.8. The Hall–Kier alpha value is -0.0800. The molecule has 1 spiro atoms. The van der Waals surface area contributed by atoms with Crippen molar-refractivity contribution in [1.29, 1.82) is 0 Å². The summed E-state index contributed by atoms with van der Waals surface area (Å²) in [6.07, 6.45) is 15.0. The molecule has 0 bridgehead atoms. The second kappa shape index (κ2) is 6.13. The van der Waals surface area contributed by atoms with Crippen LogP contribution in [-0.4, -0.2) is 37.6 Å². The average Bonchev–Trinajstić information content (AvgIpc) is 2.89. The number of hydrogen-bond acceptors (Lipinski definition) is 2. The summed E-state index contributed by atoms with van der Waals surface area (Å²) in [7, 11) is 2.10. The molecule has 0 radical (unpaired) electrons. The monoisotopic (exact) mass is 264 g/mol. The number of nitrogens with one attached hydrogen (secondary N) is 1. The molecule has 1 unspecified atom stereocenters. The van der Waals surface area contributed by atoms with Gasteiger partial charge in [0.1, 0.15) is 0 Å². The summed E-state index contributed by atoms with van der Waals surface area (Å²) in [5.74, 6) is 0.904. The fourth-order valence-electron chi connectivity index (χ4n) is 5.09. The third-order valence-corrected chi connectivity index (χ3v) is 6.24. The van der Waals surface area contributed by atoms with Gasteiger partial charge in [0.2, 0.25) is 0 Å². The predicted molar refractivity (Wildman–Crippen MR) is 81.4 cm³/mol. The van der Waals surface area contributed by atoms with Crippen LogP contribution in [0.3, 0.4) is 0 Å². The maximum absolute atomic E-state index is 3.37. The minimum Gasteiger partial charge on any atom is -0.319 e. The predicted octanol–water partition coefficient (Wildman–Crippen LogP) is 3.42. The van der Waals surface area contributed by atoms with E-state index in [2.05, 4.69) is 17.3 Å². The standard InChI is InChI=1S/C17H32N2/c1-18-13-15-5-4-12-19(14-15)16-6-10-17(11-7-16)8-2-3-9-17/h15-16,18H,2-14H2,1H3. The van der Waals surface area contributed by atoms with Crippen molar-refractivity contribution in [2.45, 2.75) is 70.3 Å². The van der Waals surface area contributed by atoms with E-state index in [0.717, 1.165) is 17.4 Å². The first-order chi connectivity index (χ1) is 9.31. The lowest BCUT2D eigenvalue weighted by Crippen LogP contribution is -2.47. The zero-order valence-corrected chi connectivity index (χ0v) is 12.8. The highest BCUT2D eigenvalue weighted by molar-refractivity contribution is 4.93. The van der Waals surface area contributed by atoms with Gasteiger partial charge in [0.05, 0.1) is 0 Å². The Morgan fingerprint density at radius 3 is 2.42 bits per heavy atom. The van der Waals surface area contributed by atoms with Crippen LogP contribution in [-0.2, 0) is 0 Å². The van der Waals surface area contributed by atoms with Gasteiger partial charge in [-0.25, -0.2) is 0 Å². The van der Waals surface area contributed by atoms with Crippen molar-refractivity contribution < 1.29 is 0 Å². The van der Waals surface area contributed by atoms with E-state index in [1.807, 2.05) is 0 Å². The van der Waals surface area contributed by atoms with Gasteiger partial charge in [-0.2, -0.15) is 0 Å². The van der Waals surface area contributed by atoms with E-state index < -0.39 is 0 Å². The summed E-state index contributed by atoms with van der Waals surface area (Å²) in [5.41, 5.74) is 0.802. The molecule has 0 amide bonds. The average molecular weight is 264 g/mol. The highest BCUT2D eigenvalue weighted by atomic mass is 15.2. The third kappa shape index (κ3) is 3.16. The van der Waals surface area contributed by atoms with Crippen LogP contribution in [0.5, 0.6) is 0 Å². The molecule has 3 aliphatic rings. The van der Waals surface area contributed by atoms with Gasteiger partial charge >= 0.3 is 0 Å². The molecule has 0 aromatic rings. The normalized spacial score (nSPS) is 33.0. The van der Waals surface area contributed by atoms with E-state index in [0.29, 0.717) is 0 Å². The molecule has 110 valence electrons. The molecule has 2 nitrogen and oxygen atoms in total. The Morgan fingerprint density at radius 2 is 1.74 bits per heavy atom. The molecule has 1 atom stereocenters. The molecular weight excluding hydrogens is 232 g/mol. The topological polar surface area (TPSA) is 15.3 Å². The van der Waals surface area contributed by atoms with E-state index in [4.69, 9.17) is 0 Å². The second-order valence-corrected chi connectivity index (χ2v) is 7.50. The molecule has 1 heterocycles. The number of hydrogen-bond donors (Lipinski definition) is 1. The number of likely N-dealkylation sites (tertiary alicyclic amines) is 1. The van der Waals surface area contributed by atoms with Gasteiger partial charge in [0.15, 0.2) is 0 Å². The molecule has 1 aliphatic heterocycles. The largest absolute Gasteiger partial charge is 0.319 e. The quantitative estimate of drug-likeness (QED) is 0.840. The first-order valence-corrected chi connectivity index (χ1v) is 8.70. The smallest absolute Gasteiger partial charge is 0.00957 e. The Balaban J connectivity index is 1.50. The van der Waals surface area contributed by atoms with Crippen molar-refractivity contribution in [2.24, 2.45) is 11.3 Å². The second-order valence-electron chi connectivity index (χ2n) is 7.50. The van der Waals surface area contributed by atoms with Crippen molar-refractivity contribution in [3.8, 4) is 0 Å². The summed E-state index contributed by atoms with van der Waals surface area (Å²) < 4.78 is 0. The third-order valence-electron chi connectivity index (χ3n) is 6.24.